The van der Waals surface area contributed by atoms with Crippen molar-refractivity contribution in [3.05, 3.63) is 35.9 Å². The summed E-state index contributed by atoms with van der Waals surface area (Å²) >= 11 is 0. The Morgan fingerprint density at radius 2 is 2.06 bits per heavy atom. The molecule has 1 aromatic carbocycles. The van der Waals surface area contributed by atoms with Crippen molar-refractivity contribution in [1.29, 1.82) is 0 Å². The molecule has 3 nitrogen and oxygen atoms in total. The molecule has 86 valence electrons. The van der Waals surface area contributed by atoms with Crippen molar-refractivity contribution in [2.24, 2.45) is 4.99 Å². The molecule has 2 rings (SSSR count). The Bertz CT molecular complexity index is 378. The second kappa shape index (κ2) is 5.66. The van der Waals surface area contributed by atoms with E-state index in [1.807, 2.05) is 18.2 Å². The Hall–Kier alpha value is -1.35. The summed E-state index contributed by atoms with van der Waals surface area (Å²) in [6.45, 7) is 3.08. The minimum atomic E-state index is 0. The highest BCUT2D eigenvalue weighted by atomic mass is 35.5. The maximum absolute atomic E-state index is 11.2. The summed E-state index contributed by atoms with van der Waals surface area (Å²) in [4.78, 5) is 17.1. The minimum Gasteiger partial charge on any atom is -0.303 e. The van der Waals surface area contributed by atoms with Crippen LogP contribution < -0.4 is 0 Å². The molecule has 0 N–H and O–H groups in total. The van der Waals surface area contributed by atoms with E-state index < -0.39 is 0 Å². The number of halogens is 1. The van der Waals surface area contributed by atoms with Crippen LogP contribution in [0.3, 0.4) is 0 Å². The summed E-state index contributed by atoms with van der Waals surface area (Å²) in [7, 11) is 0. The van der Waals surface area contributed by atoms with Crippen LogP contribution in [0.15, 0.2) is 35.3 Å². The van der Waals surface area contributed by atoms with Crippen LogP contribution in [-0.2, 0) is 4.79 Å². The maximum atomic E-state index is 11.2. The second-order valence-electron chi connectivity index (χ2n) is 3.76. The van der Waals surface area contributed by atoms with Gasteiger partial charge in [-0.05, 0) is 5.56 Å². The van der Waals surface area contributed by atoms with Crippen molar-refractivity contribution in [2.75, 3.05) is 13.1 Å². The number of amides is 1. The number of nitrogens with zero attached hydrogens (tertiary/aromatic N) is 2. The predicted molar refractivity (Wildman–Crippen MR) is 67.2 cm³/mol. The molecule has 0 radical (unpaired) electrons. The highest BCUT2D eigenvalue weighted by Gasteiger charge is 2.19. The van der Waals surface area contributed by atoms with E-state index in [9.17, 15) is 4.79 Å². The zero-order chi connectivity index (χ0) is 10.7. The van der Waals surface area contributed by atoms with Gasteiger partial charge in [-0.25, -0.2) is 0 Å². The molecule has 0 saturated heterocycles. The fraction of sp³-hybridized carbons (Fsp3) is 0.333. The largest absolute Gasteiger partial charge is 0.303 e. The number of hydrogen-bond donors (Lipinski definition) is 0. The van der Waals surface area contributed by atoms with Gasteiger partial charge in [0.1, 0.15) is 0 Å². The Morgan fingerprint density at radius 1 is 1.38 bits per heavy atom. The van der Waals surface area contributed by atoms with Crippen molar-refractivity contribution in [2.45, 2.75) is 12.8 Å². The van der Waals surface area contributed by atoms with E-state index in [2.05, 4.69) is 17.1 Å². The van der Waals surface area contributed by atoms with Crippen LogP contribution in [0.2, 0.25) is 0 Å². The van der Waals surface area contributed by atoms with Crippen LogP contribution in [-0.4, -0.2) is 30.2 Å². The van der Waals surface area contributed by atoms with Crippen molar-refractivity contribution < 1.29 is 4.79 Å². The van der Waals surface area contributed by atoms with E-state index in [-0.39, 0.29) is 18.3 Å². The van der Waals surface area contributed by atoms with Crippen LogP contribution in [0.4, 0.5) is 0 Å². The molecule has 0 saturated carbocycles. The minimum absolute atomic E-state index is 0. The molecular weight excluding hydrogens is 224 g/mol. The number of aliphatic imine (C=N–C) groups is 1. The standard InChI is InChI=1S/C12H14N2O.ClH/c1-10(15)14-8-12(7-13-9-14)11-5-3-2-4-6-11;/h2-6,9,12H,7-8H2,1H3;1H. The lowest BCUT2D eigenvalue weighted by Gasteiger charge is -2.26. The fourth-order valence-electron chi connectivity index (χ4n) is 1.76. The van der Waals surface area contributed by atoms with E-state index in [1.165, 1.54) is 5.56 Å². The molecule has 0 aliphatic carbocycles. The lowest BCUT2D eigenvalue weighted by atomic mass is 9.98. The maximum Gasteiger partial charge on any atom is 0.224 e. The van der Waals surface area contributed by atoms with Gasteiger partial charge in [-0.15, -0.1) is 12.4 Å². The average molecular weight is 239 g/mol. The van der Waals surface area contributed by atoms with Crippen molar-refractivity contribution in [3.63, 3.8) is 0 Å². The molecule has 0 fully saturated rings. The van der Waals surface area contributed by atoms with Gasteiger partial charge in [-0.1, -0.05) is 30.3 Å². The highest BCUT2D eigenvalue weighted by Crippen LogP contribution is 2.19. The first-order valence-corrected chi connectivity index (χ1v) is 5.09. The molecule has 1 aliphatic rings. The summed E-state index contributed by atoms with van der Waals surface area (Å²) < 4.78 is 0. The summed E-state index contributed by atoms with van der Waals surface area (Å²) in [6.07, 6.45) is 1.64. The molecule has 1 aliphatic heterocycles. The van der Waals surface area contributed by atoms with Crippen LogP contribution >= 0.6 is 12.4 Å². The first-order chi connectivity index (χ1) is 7.27. The van der Waals surface area contributed by atoms with E-state index in [0.29, 0.717) is 5.92 Å². The molecule has 4 heteroatoms. The van der Waals surface area contributed by atoms with Crippen LogP contribution in [0.5, 0.6) is 0 Å². The quantitative estimate of drug-likeness (QED) is 0.737. The Kier molecular flexibility index (Phi) is 4.50. The summed E-state index contributed by atoms with van der Waals surface area (Å²) in [5.74, 6) is 0.388. The number of rotatable bonds is 1. The van der Waals surface area contributed by atoms with Crippen LogP contribution in [0.25, 0.3) is 0 Å². The first-order valence-electron chi connectivity index (χ1n) is 5.09. The topological polar surface area (TPSA) is 32.7 Å². The Morgan fingerprint density at radius 3 is 2.69 bits per heavy atom. The van der Waals surface area contributed by atoms with Crippen molar-refractivity contribution in [1.82, 2.24) is 4.90 Å². The fourth-order valence-corrected chi connectivity index (χ4v) is 1.76. The van der Waals surface area contributed by atoms with E-state index in [1.54, 1.807) is 18.2 Å². The van der Waals surface area contributed by atoms with Gasteiger partial charge in [0.15, 0.2) is 0 Å². The van der Waals surface area contributed by atoms with Crippen LogP contribution in [0.1, 0.15) is 18.4 Å². The first kappa shape index (κ1) is 12.7. The Balaban J connectivity index is 0.00000128. The lowest BCUT2D eigenvalue weighted by molar-refractivity contribution is -0.125. The van der Waals surface area contributed by atoms with Gasteiger partial charge in [0.25, 0.3) is 0 Å². The monoisotopic (exact) mass is 238 g/mol. The van der Waals surface area contributed by atoms with Gasteiger partial charge in [0.05, 0.1) is 6.34 Å². The van der Waals surface area contributed by atoms with Crippen molar-refractivity contribution >= 4 is 24.7 Å². The van der Waals surface area contributed by atoms with Gasteiger partial charge in [-0.3, -0.25) is 9.79 Å². The molecule has 1 amide bonds. The molecular formula is C12H15ClN2O. The van der Waals surface area contributed by atoms with Gasteiger partial charge in [0.2, 0.25) is 5.91 Å². The number of benzene rings is 1. The molecule has 1 unspecified atom stereocenters. The zero-order valence-corrected chi connectivity index (χ0v) is 9.98. The number of carbonyl (C=O) groups is 1. The molecule has 1 heterocycles. The summed E-state index contributed by atoms with van der Waals surface area (Å²) in [5, 5.41) is 0. The van der Waals surface area contributed by atoms with Gasteiger partial charge in [-0.2, -0.15) is 0 Å². The van der Waals surface area contributed by atoms with Crippen LogP contribution in [0, 0.1) is 0 Å². The predicted octanol–water partition coefficient (Wildman–Crippen LogP) is 2.08. The normalized spacial score (nSPS) is 19.1. The zero-order valence-electron chi connectivity index (χ0n) is 9.17. The third kappa shape index (κ3) is 2.83. The van der Waals surface area contributed by atoms with E-state index in [0.717, 1.165) is 13.1 Å². The third-order valence-corrected chi connectivity index (χ3v) is 2.64. The van der Waals surface area contributed by atoms with Crippen molar-refractivity contribution in [3.8, 4) is 0 Å². The smallest absolute Gasteiger partial charge is 0.224 e. The van der Waals surface area contributed by atoms with E-state index in [4.69, 9.17) is 0 Å². The SMILES string of the molecule is CC(=O)N1C=NCC(c2ccccc2)C1.Cl. The number of hydrogen-bond acceptors (Lipinski definition) is 2. The van der Waals surface area contributed by atoms with Gasteiger partial charge >= 0.3 is 0 Å². The Labute approximate surface area is 102 Å². The third-order valence-electron chi connectivity index (χ3n) is 2.64. The molecule has 1 aromatic rings. The molecule has 0 bridgehead atoms. The summed E-state index contributed by atoms with van der Waals surface area (Å²) in [6, 6.07) is 10.2. The van der Waals surface area contributed by atoms with E-state index >= 15 is 0 Å². The average Bonchev–Trinajstić information content (AvgIpc) is 2.30. The highest BCUT2D eigenvalue weighted by molar-refractivity contribution is 5.86. The molecule has 0 aromatic heterocycles. The van der Waals surface area contributed by atoms with Gasteiger partial charge < -0.3 is 4.90 Å². The van der Waals surface area contributed by atoms with Gasteiger partial charge in [0, 0.05) is 25.9 Å². The molecule has 0 spiro atoms. The lowest BCUT2D eigenvalue weighted by Crippen LogP contribution is -2.35. The summed E-state index contributed by atoms with van der Waals surface area (Å²) in [5.41, 5.74) is 1.25. The molecule has 16 heavy (non-hydrogen) atoms. The molecule has 1 atom stereocenters. The number of carbonyl (C=O) groups excluding carboxylic acids is 1. The second-order valence-corrected chi connectivity index (χ2v) is 3.76.